The lowest BCUT2D eigenvalue weighted by molar-refractivity contribution is -0.144. The predicted molar refractivity (Wildman–Crippen MR) is 85.9 cm³/mol. The fourth-order valence-corrected chi connectivity index (χ4v) is 2.40. The smallest absolute Gasteiger partial charge is 0.323 e. The van der Waals surface area contributed by atoms with Gasteiger partial charge in [0.25, 0.3) is 0 Å². The SMILES string of the molecule is Cn1nccc1CCC(=O)N(CCc1ccccc1)CC(=O)O. The van der Waals surface area contributed by atoms with Crippen LogP contribution >= 0.6 is 0 Å². The molecule has 0 bridgehead atoms. The minimum absolute atomic E-state index is 0.149. The van der Waals surface area contributed by atoms with Gasteiger partial charge in [-0.1, -0.05) is 30.3 Å². The first-order chi connectivity index (χ1) is 11.1. The topological polar surface area (TPSA) is 75.4 Å². The highest BCUT2D eigenvalue weighted by atomic mass is 16.4. The van der Waals surface area contributed by atoms with Crippen LogP contribution in [0.4, 0.5) is 0 Å². The first-order valence-corrected chi connectivity index (χ1v) is 7.56. The number of carbonyl (C=O) groups is 2. The van der Waals surface area contributed by atoms with Crippen molar-refractivity contribution >= 4 is 11.9 Å². The average molecular weight is 315 g/mol. The molecule has 0 fully saturated rings. The molecule has 1 aromatic heterocycles. The van der Waals surface area contributed by atoms with Crippen molar-refractivity contribution in [2.24, 2.45) is 7.05 Å². The Kier molecular flexibility index (Phi) is 5.91. The van der Waals surface area contributed by atoms with Crippen molar-refractivity contribution in [2.45, 2.75) is 19.3 Å². The van der Waals surface area contributed by atoms with E-state index in [0.29, 0.717) is 19.4 Å². The number of rotatable bonds is 8. The van der Waals surface area contributed by atoms with E-state index >= 15 is 0 Å². The van der Waals surface area contributed by atoms with E-state index < -0.39 is 5.97 Å². The largest absolute Gasteiger partial charge is 0.480 e. The molecular weight excluding hydrogens is 294 g/mol. The van der Waals surface area contributed by atoms with Crippen LogP contribution in [0, 0.1) is 0 Å². The quantitative estimate of drug-likeness (QED) is 0.801. The average Bonchev–Trinajstić information content (AvgIpc) is 2.95. The van der Waals surface area contributed by atoms with Gasteiger partial charge in [-0.15, -0.1) is 0 Å². The van der Waals surface area contributed by atoms with Crippen LogP contribution in [0.25, 0.3) is 0 Å². The highest BCUT2D eigenvalue weighted by molar-refractivity contribution is 5.81. The van der Waals surface area contributed by atoms with Crippen molar-refractivity contribution in [2.75, 3.05) is 13.1 Å². The van der Waals surface area contributed by atoms with E-state index in [9.17, 15) is 9.59 Å². The van der Waals surface area contributed by atoms with Crippen LogP contribution in [0.5, 0.6) is 0 Å². The molecule has 0 spiro atoms. The van der Waals surface area contributed by atoms with E-state index in [1.807, 2.05) is 43.4 Å². The second kappa shape index (κ2) is 8.12. The minimum atomic E-state index is -0.994. The van der Waals surface area contributed by atoms with Gasteiger partial charge in [0.2, 0.25) is 5.91 Å². The number of hydrogen-bond acceptors (Lipinski definition) is 3. The Morgan fingerprint density at radius 1 is 1.17 bits per heavy atom. The van der Waals surface area contributed by atoms with Crippen molar-refractivity contribution in [3.63, 3.8) is 0 Å². The van der Waals surface area contributed by atoms with E-state index in [0.717, 1.165) is 11.3 Å². The molecule has 0 aliphatic carbocycles. The van der Waals surface area contributed by atoms with Crippen LogP contribution in [0.3, 0.4) is 0 Å². The summed E-state index contributed by atoms with van der Waals surface area (Å²) < 4.78 is 1.72. The Bertz CT molecular complexity index is 652. The number of hydrogen-bond donors (Lipinski definition) is 1. The molecule has 0 saturated heterocycles. The lowest BCUT2D eigenvalue weighted by Gasteiger charge is -2.21. The van der Waals surface area contributed by atoms with Crippen LogP contribution in [0.1, 0.15) is 17.7 Å². The first kappa shape index (κ1) is 16.7. The van der Waals surface area contributed by atoms with Crippen molar-refractivity contribution in [3.8, 4) is 0 Å². The molecule has 0 unspecified atom stereocenters. The molecule has 0 atom stereocenters. The van der Waals surface area contributed by atoms with Crippen molar-refractivity contribution in [1.82, 2.24) is 14.7 Å². The number of carboxylic acid groups (broad SMARTS) is 1. The van der Waals surface area contributed by atoms with Gasteiger partial charge in [0.1, 0.15) is 6.54 Å². The Labute approximate surface area is 135 Å². The molecule has 6 nitrogen and oxygen atoms in total. The zero-order valence-corrected chi connectivity index (χ0v) is 13.2. The van der Waals surface area contributed by atoms with Gasteiger partial charge in [0.15, 0.2) is 0 Å². The van der Waals surface area contributed by atoms with E-state index in [1.165, 1.54) is 4.90 Å². The van der Waals surface area contributed by atoms with Gasteiger partial charge in [0.05, 0.1) is 0 Å². The van der Waals surface area contributed by atoms with Crippen LogP contribution in [-0.2, 0) is 29.5 Å². The monoisotopic (exact) mass is 315 g/mol. The molecule has 1 N–H and O–H groups in total. The number of aliphatic carboxylic acids is 1. The molecular formula is C17H21N3O3. The van der Waals surface area contributed by atoms with Crippen LogP contribution < -0.4 is 0 Å². The molecule has 0 saturated carbocycles. The molecule has 0 radical (unpaired) electrons. The molecule has 1 amide bonds. The number of amides is 1. The minimum Gasteiger partial charge on any atom is -0.480 e. The molecule has 0 aliphatic heterocycles. The molecule has 122 valence electrons. The number of carboxylic acids is 1. The maximum Gasteiger partial charge on any atom is 0.323 e. The molecule has 0 aliphatic rings. The summed E-state index contributed by atoms with van der Waals surface area (Å²) >= 11 is 0. The van der Waals surface area contributed by atoms with Crippen LogP contribution in [0.2, 0.25) is 0 Å². The zero-order chi connectivity index (χ0) is 16.7. The second-order valence-electron chi connectivity index (χ2n) is 5.39. The van der Waals surface area contributed by atoms with Gasteiger partial charge in [-0.3, -0.25) is 14.3 Å². The normalized spacial score (nSPS) is 10.5. The van der Waals surface area contributed by atoms with Crippen molar-refractivity contribution < 1.29 is 14.7 Å². The number of benzene rings is 1. The fraction of sp³-hybridized carbons (Fsp3) is 0.353. The Hall–Kier alpha value is -2.63. The third-order valence-corrected chi connectivity index (χ3v) is 3.71. The summed E-state index contributed by atoms with van der Waals surface area (Å²) in [5.74, 6) is -1.14. The maximum absolute atomic E-state index is 12.3. The highest BCUT2D eigenvalue weighted by Crippen LogP contribution is 2.06. The third-order valence-electron chi connectivity index (χ3n) is 3.71. The zero-order valence-electron chi connectivity index (χ0n) is 13.2. The maximum atomic E-state index is 12.3. The molecule has 1 heterocycles. The first-order valence-electron chi connectivity index (χ1n) is 7.56. The summed E-state index contributed by atoms with van der Waals surface area (Å²) in [5, 5.41) is 13.1. The van der Waals surface area contributed by atoms with Gasteiger partial charge in [0, 0.05) is 31.9 Å². The summed E-state index contributed by atoms with van der Waals surface area (Å²) in [6.07, 6.45) is 3.16. The Balaban J connectivity index is 1.92. The number of nitrogens with zero attached hydrogens (tertiary/aromatic N) is 3. The summed E-state index contributed by atoms with van der Waals surface area (Å²) in [5.41, 5.74) is 2.04. The van der Waals surface area contributed by atoms with E-state index in [1.54, 1.807) is 10.9 Å². The number of aromatic nitrogens is 2. The summed E-state index contributed by atoms with van der Waals surface area (Å²) in [7, 11) is 1.82. The van der Waals surface area contributed by atoms with Crippen molar-refractivity contribution in [1.29, 1.82) is 0 Å². The summed E-state index contributed by atoms with van der Waals surface area (Å²) in [6.45, 7) is 0.136. The lowest BCUT2D eigenvalue weighted by atomic mass is 10.1. The highest BCUT2D eigenvalue weighted by Gasteiger charge is 2.17. The second-order valence-corrected chi connectivity index (χ2v) is 5.39. The Morgan fingerprint density at radius 3 is 2.52 bits per heavy atom. The Morgan fingerprint density at radius 2 is 1.91 bits per heavy atom. The third kappa shape index (κ3) is 5.25. The number of aryl methyl sites for hydroxylation is 2. The molecule has 2 aromatic rings. The van der Waals surface area contributed by atoms with Crippen molar-refractivity contribution in [3.05, 3.63) is 53.9 Å². The van der Waals surface area contributed by atoms with Gasteiger partial charge in [-0.25, -0.2) is 0 Å². The van der Waals surface area contributed by atoms with E-state index in [-0.39, 0.29) is 18.9 Å². The van der Waals surface area contributed by atoms with Gasteiger partial charge in [-0.05, 0) is 24.5 Å². The number of carbonyl (C=O) groups excluding carboxylic acids is 1. The van der Waals surface area contributed by atoms with Gasteiger partial charge >= 0.3 is 5.97 Å². The predicted octanol–water partition coefficient (Wildman–Crippen LogP) is 1.51. The summed E-state index contributed by atoms with van der Waals surface area (Å²) in [6, 6.07) is 11.6. The molecule has 23 heavy (non-hydrogen) atoms. The van der Waals surface area contributed by atoms with Gasteiger partial charge < -0.3 is 10.0 Å². The molecule has 6 heteroatoms. The van der Waals surface area contributed by atoms with Crippen LogP contribution in [-0.4, -0.2) is 44.8 Å². The summed E-state index contributed by atoms with van der Waals surface area (Å²) in [4.78, 5) is 24.8. The lowest BCUT2D eigenvalue weighted by Crippen LogP contribution is -2.37. The molecule has 1 aromatic carbocycles. The fourth-order valence-electron chi connectivity index (χ4n) is 2.40. The standard InChI is InChI=1S/C17H21N3O3/c1-19-15(9-11-18-19)7-8-16(21)20(13-17(22)23)12-10-14-5-3-2-4-6-14/h2-6,9,11H,7-8,10,12-13H2,1H3,(H,22,23). The van der Waals surface area contributed by atoms with Gasteiger partial charge in [-0.2, -0.15) is 5.10 Å². The van der Waals surface area contributed by atoms with Crippen LogP contribution in [0.15, 0.2) is 42.6 Å². The molecule has 2 rings (SSSR count). The van der Waals surface area contributed by atoms with E-state index in [4.69, 9.17) is 5.11 Å². The van der Waals surface area contributed by atoms with E-state index in [2.05, 4.69) is 5.10 Å².